The molecule has 7 nitrogen and oxygen atoms in total. The molecular weight excluding hydrogens is 449 g/mol. The molecule has 1 fully saturated rings. The molecule has 1 aliphatic rings. The van der Waals surface area contributed by atoms with Crippen molar-refractivity contribution in [2.24, 2.45) is 0 Å². The van der Waals surface area contributed by atoms with Crippen molar-refractivity contribution in [1.82, 2.24) is 14.9 Å². The van der Waals surface area contributed by atoms with E-state index in [2.05, 4.69) is 10.6 Å². The molecule has 2 amide bonds. The largest absolute Gasteiger partial charge is 0.354 e. The summed E-state index contributed by atoms with van der Waals surface area (Å²) in [7, 11) is -3.81. The molecule has 0 atom stereocenters. The summed E-state index contributed by atoms with van der Waals surface area (Å²) < 4.78 is 26.5. The Kier molecular flexibility index (Phi) is 6.43. The van der Waals surface area contributed by atoms with Gasteiger partial charge in [0.25, 0.3) is 5.91 Å². The van der Waals surface area contributed by atoms with E-state index in [4.69, 9.17) is 23.2 Å². The summed E-state index contributed by atoms with van der Waals surface area (Å²) in [4.78, 5) is 24.2. The molecule has 0 aliphatic carbocycles. The normalized spacial score (nSPS) is 15.5. The standard InChI is InChI=1S/C20H21Cl2N3O4S/c1-20(2,14-5-8-16(21)17(22)11-14)24-19(27)13-3-6-15(7-4-13)30(28,29)25-10-9-23-18(26)12-25/h3-8,11H,9-10,12H2,1-2H3,(H,23,26)(H,24,27). The molecule has 10 heteroatoms. The van der Waals surface area contributed by atoms with E-state index < -0.39 is 15.6 Å². The monoisotopic (exact) mass is 469 g/mol. The number of benzene rings is 2. The molecule has 2 aromatic carbocycles. The summed E-state index contributed by atoms with van der Waals surface area (Å²) in [6, 6.07) is 10.7. The molecule has 0 radical (unpaired) electrons. The number of carbonyl (C=O) groups is 2. The highest BCUT2D eigenvalue weighted by Crippen LogP contribution is 2.29. The number of hydrogen-bond acceptors (Lipinski definition) is 4. The molecule has 1 saturated heterocycles. The van der Waals surface area contributed by atoms with Crippen LogP contribution in [0.2, 0.25) is 10.0 Å². The van der Waals surface area contributed by atoms with Crippen molar-refractivity contribution in [3.63, 3.8) is 0 Å². The van der Waals surface area contributed by atoms with Gasteiger partial charge in [-0.3, -0.25) is 9.59 Å². The van der Waals surface area contributed by atoms with Crippen molar-refractivity contribution >= 4 is 45.0 Å². The van der Waals surface area contributed by atoms with Crippen LogP contribution in [0.4, 0.5) is 0 Å². The number of rotatable bonds is 5. The van der Waals surface area contributed by atoms with Gasteiger partial charge in [-0.25, -0.2) is 8.42 Å². The van der Waals surface area contributed by atoms with Gasteiger partial charge in [0.15, 0.2) is 0 Å². The first kappa shape index (κ1) is 22.6. The molecule has 160 valence electrons. The fourth-order valence-electron chi connectivity index (χ4n) is 3.06. The van der Waals surface area contributed by atoms with E-state index in [1.165, 1.54) is 24.3 Å². The van der Waals surface area contributed by atoms with E-state index in [1.807, 2.05) is 13.8 Å². The Morgan fingerprint density at radius 2 is 1.77 bits per heavy atom. The van der Waals surface area contributed by atoms with Crippen molar-refractivity contribution in [3.8, 4) is 0 Å². The predicted octanol–water partition coefficient (Wildman–Crippen LogP) is 2.78. The first-order chi connectivity index (χ1) is 14.0. The minimum atomic E-state index is -3.81. The van der Waals surface area contributed by atoms with Gasteiger partial charge >= 0.3 is 0 Å². The molecule has 0 aromatic heterocycles. The van der Waals surface area contributed by atoms with Crippen molar-refractivity contribution < 1.29 is 18.0 Å². The second-order valence-corrected chi connectivity index (χ2v) is 10.2. The zero-order chi connectivity index (χ0) is 22.1. The fourth-order valence-corrected chi connectivity index (χ4v) is 4.76. The minimum absolute atomic E-state index is 0.0255. The maximum atomic E-state index is 12.7. The van der Waals surface area contributed by atoms with Crippen LogP contribution in [0.15, 0.2) is 47.4 Å². The van der Waals surface area contributed by atoms with Crippen molar-refractivity contribution in [3.05, 3.63) is 63.6 Å². The average molecular weight is 470 g/mol. The number of carbonyl (C=O) groups excluding carboxylic acids is 2. The molecular formula is C20H21Cl2N3O4S. The predicted molar refractivity (Wildman–Crippen MR) is 115 cm³/mol. The number of halogens is 2. The third kappa shape index (κ3) is 4.78. The van der Waals surface area contributed by atoms with Crippen LogP contribution in [0, 0.1) is 0 Å². The first-order valence-electron chi connectivity index (χ1n) is 9.16. The Morgan fingerprint density at radius 1 is 1.10 bits per heavy atom. The van der Waals surface area contributed by atoms with Crippen LogP contribution in [0.3, 0.4) is 0 Å². The van der Waals surface area contributed by atoms with Gasteiger partial charge < -0.3 is 10.6 Å². The molecule has 1 heterocycles. The van der Waals surface area contributed by atoms with Crippen molar-refractivity contribution in [2.45, 2.75) is 24.3 Å². The zero-order valence-corrected chi connectivity index (χ0v) is 18.7. The van der Waals surface area contributed by atoms with Crippen LogP contribution in [0.5, 0.6) is 0 Å². The second kappa shape index (κ2) is 8.55. The highest BCUT2D eigenvalue weighted by molar-refractivity contribution is 7.89. The second-order valence-electron chi connectivity index (χ2n) is 7.42. The molecule has 2 N–H and O–H groups in total. The van der Waals surface area contributed by atoms with E-state index in [1.54, 1.807) is 18.2 Å². The molecule has 0 spiro atoms. The molecule has 0 saturated carbocycles. The Labute approximate surface area is 185 Å². The summed E-state index contributed by atoms with van der Waals surface area (Å²) >= 11 is 12.0. The van der Waals surface area contributed by atoms with Gasteiger partial charge in [-0.15, -0.1) is 0 Å². The van der Waals surface area contributed by atoms with Crippen LogP contribution < -0.4 is 10.6 Å². The number of sulfonamides is 1. The summed E-state index contributed by atoms with van der Waals surface area (Å²) in [6.45, 7) is 3.90. The Bertz CT molecular complexity index is 1090. The Hall–Kier alpha value is -2.13. The van der Waals surface area contributed by atoms with Crippen molar-refractivity contribution in [2.75, 3.05) is 19.6 Å². The molecule has 30 heavy (non-hydrogen) atoms. The SMILES string of the molecule is CC(C)(NC(=O)c1ccc(S(=O)(=O)N2CCNC(=O)C2)cc1)c1ccc(Cl)c(Cl)c1. The maximum Gasteiger partial charge on any atom is 0.251 e. The smallest absolute Gasteiger partial charge is 0.251 e. The van der Waals surface area contributed by atoms with Crippen molar-refractivity contribution in [1.29, 1.82) is 0 Å². The summed E-state index contributed by atoms with van der Waals surface area (Å²) in [6.07, 6.45) is 0. The summed E-state index contributed by atoms with van der Waals surface area (Å²) in [5.74, 6) is -0.710. The lowest BCUT2D eigenvalue weighted by Gasteiger charge is -2.27. The van der Waals surface area contributed by atoms with Crippen LogP contribution in [-0.4, -0.2) is 44.2 Å². The Morgan fingerprint density at radius 3 is 2.37 bits per heavy atom. The topological polar surface area (TPSA) is 95.6 Å². The number of piperazine rings is 1. The van der Waals surface area contributed by atoms with E-state index >= 15 is 0 Å². The molecule has 0 bridgehead atoms. The summed E-state index contributed by atoms with van der Waals surface area (Å²) in [5.41, 5.74) is 0.336. The first-order valence-corrected chi connectivity index (χ1v) is 11.4. The number of hydrogen-bond donors (Lipinski definition) is 2. The molecule has 1 aliphatic heterocycles. The third-order valence-corrected chi connectivity index (χ3v) is 7.42. The molecule has 3 rings (SSSR count). The highest BCUT2D eigenvalue weighted by Gasteiger charge is 2.29. The van der Waals surface area contributed by atoms with E-state index in [-0.39, 0.29) is 36.3 Å². The van der Waals surface area contributed by atoms with E-state index in [0.29, 0.717) is 15.6 Å². The maximum absolute atomic E-state index is 12.7. The van der Waals surface area contributed by atoms with Crippen LogP contribution in [0.1, 0.15) is 29.8 Å². The lowest BCUT2D eigenvalue weighted by molar-refractivity contribution is -0.122. The van der Waals surface area contributed by atoms with Gasteiger partial charge in [0.05, 0.1) is 27.0 Å². The van der Waals surface area contributed by atoms with Gasteiger partial charge in [0.1, 0.15) is 0 Å². The van der Waals surface area contributed by atoms with E-state index in [0.717, 1.165) is 9.87 Å². The molecule has 0 unspecified atom stereocenters. The van der Waals surface area contributed by atoms with Gasteiger partial charge in [-0.05, 0) is 55.8 Å². The van der Waals surface area contributed by atoms with Crippen LogP contribution in [-0.2, 0) is 20.4 Å². The van der Waals surface area contributed by atoms with E-state index in [9.17, 15) is 18.0 Å². The summed E-state index contributed by atoms with van der Waals surface area (Å²) in [5, 5.41) is 6.31. The number of nitrogens with one attached hydrogen (secondary N) is 2. The van der Waals surface area contributed by atoms with Gasteiger partial charge in [0.2, 0.25) is 15.9 Å². The van der Waals surface area contributed by atoms with Gasteiger partial charge in [-0.1, -0.05) is 29.3 Å². The Balaban J connectivity index is 1.76. The third-order valence-electron chi connectivity index (χ3n) is 4.82. The lowest BCUT2D eigenvalue weighted by atomic mass is 9.94. The number of amides is 2. The minimum Gasteiger partial charge on any atom is -0.354 e. The fraction of sp³-hybridized carbons (Fsp3) is 0.300. The van der Waals surface area contributed by atoms with Gasteiger partial charge in [-0.2, -0.15) is 4.31 Å². The zero-order valence-electron chi connectivity index (χ0n) is 16.4. The highest BCUT2D eigenvalue weighted by atomic mass is 35.5. The van der Waals surface area contributed by atoms with Crippen LogP contribution >= 0.6 is 23.2 Å². The number of nitrogens with zero attached hydrogens (tertiary/aromatic N) is 1. The van der Waals surface area contributed by atoms with Gasteiger partial charge in [0, 0.05) is 18.7 Å². The quantitative estimate of drug-likeness (QED) is 0.703. The average Bonchev–Trinajstić information content (AvgIpc) is 2.69. The van der Waals surface area contributed by atoms with Crippen LogP contribution in [0.25, 0.3) is 0 Å². The molecule has 2 aromatic rings. The lowest BCUT2D eigenvalue weighted by Crippen LogP contribution is -2.49.